The largest absolute Gasteiger partial charge is 0.357 e. The van der Waals surface area contributed by atoms with Crippen molar-refractivity contribution in [2.45, 2.75) is 35.4 Å². The smallest absolute Gasteiger partial charge is 0.240 e. The number of anilines is 2. The number of nitrogens with one attached hydrogen (secondary N) is 2. The van der Waals surface area contributed by atoms with E-state index in [1.54, 1.807) is 18.5 Å². The predicted octanol–water partition coefficient (Wildman–Crippen LogP) is 2.02. The Morgan fingerprint density at radius 3 is 2.86 bits per heavy atom. The summed E-state index contributed by atoms with van der Waals surface area (Å²) in [4.78, 5) is 20.0. The Bertz CT molecular complexity index is 615. The Labute approximate surface area is 130 Å². The molecule has 1 fully saturated rings. The van der Waals surface area contributed by atoms with Gasteiger partial charge in [0.2, 0.25) is 17.0 Å². The number of hydrogen-bond donors (Lipinski definition) is 2. The lowest BCUT2D eigenvalue weighted by atomic mass is 10.4. The topological polar surface area (TPSA) is 92.7 Å². The molecule has 21 heavy (non-hydrogen) atoms. The summed E-state index contributed by atoms with van der Waals surface area (Å²) < 4.78 is 0.773. The second-order valence-electron chi connectivity index (χ2n) is 4.61. The lowest BCUT2D eigenvalue weighted by Crippen LogP contribution is -2.23. The van der Waals surface area contributed by atoms with Crippen molar-refractivity contribution in [2.75, 3.05) is 10.6 Å². The number of amides is 1. The van der Waals surface area contributed by atoms with E-state index in [0.717, 1.165) is 9.47 Å². The van der Waals surface area contributed by atoms with Crippen LogP contribution in [0.1, 0.15) is 19.8 Å². The minimum Gasteiger partial charge on any atom is -0.357 e. The first kappa shape index (κ1) is 14.2. The number of rotatable bonds is 6. The van der Waals surface area contributed by atoms with Crippen molar-refractivity contribution in [3.05, 3.63) is 18.5 Å². The molecule has 0 aromatic carbocycles. The van der Waals surface area contributed by atoms with Crippen LogP contribution in [0.4, 0.5) is 11.1 Å². The van der Waals surface area contributed by atoms with E-state index in [9.17, 15) is 4.79 Å². The number of thioether (sulfide) groups is 1. The lowest BCUT2D eigenvalue weighted by molar-refractivity contribution is -0.115. The van der Waals surface area contributed by atoms with E-state index in [4.69, 9.17) is 0 Å². The van der Waals surface area contributed by atoms with Gasteiger partial charge in [0.05, 0.1) is 5.25 Å². The minimum atomic E-state index is -0.296. The third-order valence-corrected chi connectivity index (χ3v) is 4.80. The summed E-state index contributed by atoms with van der Waals surface area (Å²) in [5, 5.41) is 14.6. The fraction of sp³-hybridized carbons (Fsp3) is 0.417. The molecule has 1 unspecified atom stereocenters. The maximum atomic E-state index is 12.0. The van der Waals surface area contributed by atoms with Crippen LogP contribution in [-0.2, 0) is 4.79 Å². The first-order valence-corrected chi connectivity index (χ1v) is 8.25. The second kappa shape index (κ2) is 6.35. The fourth-order valence-corrected chi connectivity index (χ4v) is 3.47. The first-order valence-electron chi connectivity index (χ1n) is 6.55. The van der Waals surface area contributed by atoms with Crippen molar-refractivity contribution in [2.24, 2.45) is 0 Å². The lowest BCUT2D eigenvalue weighted by Gasteiger charge is -2.08. The van der Waals surface area contributed by atoms with Crippen molar-refractivity contribution in [3.63, 3.8) is 0 Å². The molecule has 1 amide bonds. The molecule has 2 heterocycles. The van der Waals surface area contributed by atoms with Crippen LogP contribution in [0.2, 0.25) is 0 Å². The van der Waals surface area contributed by atoms with Gasteiger partial charge in [0.1, 0.15) is 0 Å². The highest BCUT2D eigenvalue weighted by molar-refractivity contribution is 8.02. The molecule has 3 rings (SSSR count). The molecule has 0 bridgehead atoms. The molecule has 2 aromatic rings. The zero-order valence-electron chi connectivity index (χ0n) is 11.3. The number of carbonyl (C=O) groups is 1. The summed E-state index contributed by atoms with van der Waals surface area (Å²) in [7, 11) is 0. The van der Waals surface area contributed by atoms with E-state index < -0.39 is 0 Å². The van der Waals surface area contributed by atoms with Crippen LogP contribution in [0.25, 0.3) is 0 Å². The molecule has 1 aliphatic carbocycles. The van der Waals surface area contributed by atoms with Gasteiger partial charge >= 0.3 is 0 Å². The molecule has 2 N–H and O–H groups in total. The number of carbonyl (C=O) groups excluding carboxylic acids is 1. The molecule has 1 saturated carbocycles. The normalized spacial score (nSPS) is 15.5. The maximum absolute atomic E-state index is 12.0. The molecular formula is C12H14N6OS2. The number of nitrogens with zero attached hydrogens (tertiary/aromatic N) is 4. The number of hydrogen-bond acceptors (Lipinski definition) is 8. The van der Waals surface area contributed by atoms with Crippen LogP contribution in [-0.4, -0.2) is 37.4 Å². The van der Waals surface area contributed by atoms with Crippen LogP contribution >= 0.6 is 23.1 Å². The van der Waals surface area contributed by atoms with Gasteiger partial charge in [0.25, 0.3) is 0 Å². The standard InChI is InChI=1S/C12H14N6OS2/c1-7(9(19)16-10-13-5-2-6-14-10)20-12-18-17-11(21-12)15-8-3-4-8/h2,5-8H,3-4H2,1H3,(H,15,17)(H,13,14,16,19). The molecule has 0 radical (unpaired) electrons. The summed E-state index contributed by atoms with van der Waals surface area (Å²) in [6.45, 7) is 1.82. The molecule has 7 nitrogen and oxygen atoms in total. The highest BCUT2D eigenvalue weighted by atomic mass is 32.2. The van der Waals surface area contributed by atoms with Crippen LogP contribution in [0, 0.1) is 0 Å². The highest BCUT2D eigenvalue weighted by Gasteiger charge is 2.23. The molecule has 1 aliphatic rings. The van der Waals surface area contributed by atoms with E-state index in [1.807, 2.05) is 6.92 Å². The molecule has 0 spiro atoms. The molecule has 0 saturated heterocycles. The maximum Gasteiger partial charge on any atom is 0.240 e. The molecule has 9 heteroatoms. The van der Waals surface area contributed by atoms with Crippen molar-refractivity contribution in [1.82, 2.24) is 20.2 Å². The van der Waals surface area contributed by atoms with Crippen molar-refractivity contribution >= 4 is 40.1 Å². The molecule has 0 aliphatic heterocycles. The van der Waals surface area contributed by atoms with Crippen LogP contribution in [0.5, 0.6) is 0 Å². The van der Waals surface area contributed by atoms with Crippen LogP contribution in [0.3, 0.4) is 0 Å². The monoisotopic (exact) mass is 322 g/mol. The Morgan fingerprint density at radius 2 is 2.14 bits per heavy atom. The Hall–Kier alpha value is -1.74. The fourth-order valence-electron chi connectivity index (χ4n) is 1.50. The van der Waals surface area contributed by atoms with Gasteiger partial charge in [-0.3, -0.25) is 10.1 Å². The average Bonchev–Trinajstić information content (AvgIpc) is 3.19. The van der Waals surface area contributed by atoms with Gasteiger partial charge in [-0.1, -0.05) is 23.1 Å². The third kappa shape index (κ3) is 4.11. The zero-order chi connectivity index (χ0) is 14.7. The third-order valence-electron chi connectivity index (χ3n) is 2.76. The van der Waals surface area contributed by atoms with E-state index in [2.05, 4.69) is 30.8 Å². The molecule has 1 atom stereocenters. The van der Waals surface area contributed by atoms with Gasteiger partial charge in [-0.25, -0.2) is 9.97 Å². The first-order chi connectivity index (χ1) is 10.2. The van der Waals surface area contributed by atoms with Gasteiger partial charge in [-0.05, 0) is 25.8 Å². The van der Waals surface area contributed by atoms with Crippen LogP contribution < -0.4 is 10.6 Å². The van der Waals surface area contributed by atoms with Gasteiger partial charge in [-0.2, -0.15) is 0 Å². The summed E-state index contributed by atoms with van der Waals surface area (Å²) >= 11 is 2.85. The van der Waals surface area contributed by atoms with Crippen molar-refractivity contribution in [3.8, 4) is 0 Å². The summed E-state index contributed by atoms with van der Waals surface area (Å²) in [5.74, 6) is 0.154. The highest BCUT2D eigenvalue weighted by Crippen LogP contribution is 2.32. The van der Waals surface area contributed by atoms with E-state index in [-0.39, 0.29) is 11.2 Å². The predicted molar refractivity (Wildman–Crippen MR) is 82.5 cm³/mol. The Morgan fingerprint density at radius 1 is 1.38 bits per heavy atom. The van der Waals surface area contributed by atoms with Crippen LogP contribution in [0.15, 0.2) is 22.8 Å². The van der Waals surface area contributed by atoms with Crippen molar-refractivity contribution in [1.29, 1.82) is 0 Å². The zero-order valence-corrected chi connectivity index (χ0v) is 12.9. The van der Waals surface area contributed by atoms with Gasteiger partial charge in [-0.15, -0.1) is 10.2 Å². The summed E-state index contributed by atoms with van der Waals surface area (Å²) in [6, 6.07) is 2.25. The Kier molecular flexibility index (Phi) is 4.30. The Balaban J connectivity index is 1.53. The second-order valence-corrected chi connectivity index (χ2v) is 7.18. The number of aromatic nitrogens is 4. The van der Waals surface area contributed by atoms with E-state index >= 15 is 0 Å². The summed E-state index contributed by atoms with van der Waals surface area (Å²) in [6.07, 6.45) is 5.55. The minimum absolute atomic E-state index is 0.155. The van der Waals surface area contributed by atoms with E-state index in [0.29, 0.717) is 12.0 Å². The van der Waals surface area contributed by atoms with Gasteiger partial charge < -0.3 is 5.32 Å². The summed E-state index contributed by atoms with van der Waals surface area (Å²) in [5.41, 5.74) is 0. The molecule has 110 valence electrons. The van der Waals surface area contributed by atoms with Gasteiger partial charge in [0.15, 0.2) is 4.34 Å². The SMILES string of the molecule is CC(Sc1nnc(NC2CC2)s1)C(=O)Nc1ncccn1. The average molecular weight is 322 g/mol. The van der Waals surface area contributed by atoms with Gasteiger partial charge in [0, 0.05) is 18.4 Å². The molecule has 2 aromatic heterocycles. The molecular weight excluding hydrogens is 308 g/mol. The van der Waals surface area contributed by atoms with E-state index in [1.165, 1.54) is 35.9 Å². The van der Waals surface area contributed by atoms with Crippen molar-refractivity contribution < 1.29 is 4.79 Å². The quantitative estimate of drug-likeness (QED) is 0.786.